The standard InChI is InChI=1S/C11H20O4.C6H6O/c1-2-3-4-5-6-7-8-10(13)15-11(14)9-12;7-6-4-2-1-3-5-6/h12H,2-9H2,1H3;1-5,7H. The second-order valence-corrected chi connectivity index (χ2v) is 4.86. The quantitative estimate of drug-likeness (QED) is 0.437. The molecule has 5 nitrogen and oxygen atoms in total. The number of phenols is 1. The first-order valence-electron chi connectivity index (χ1n) is 7.68. The first kappa shape index (κ1) is 20.1. The summed E-state index contributed by atoms with van der Waals surface area (Å²) in [6, 6.07) is 8.71. The van der Waals surface area contributed by atoms with Crippen LogP contribution in [0, 0.1) is 0 Å². The molecule has 124 valence electrons. The van der Waals surface area contributed by atoms with Crippen LogP contribution in [0.1, 0.15) is 51.9 Å². The molecule has 1 aromatic carbocycles. The Labute approximate surface area is 131 Å². The van der Waals surface area contributed by atoms with Gasteiger partial charge in [-0.3, -0.25) is 4.79 Å². The number of rotatable bonds is 8. The molecule has 0 amide bonds. The van der Waals surface area contributed by atoms with Crippen molar-refractivity contribution in [2.45, 2.75) is 51.9 Å². The largest absolute Gasteiger partial charge is 0.508 e. The van der Waals surface area contributed by atoms with E-state index in [9.17, 15) is 9.59 Å². The number of aliphatic hydroxyl groups is 1. The van der Waals surface area contributed by atoms with Gasteiger partial charge in [0.25, 0.3) is 0 Å². The third-order valence-electron chi connectivity index (χ3n) is 2.85. The molecule has 1 rings (SSSR count). The predicted molar refractivity (Wildman–Crippen MR) is 84.3 cm³/mol. The minimum atomic E-state index is -0.869. The number of esters is 2. The van der Waals surface area contributed by atoms with Crippen molar-refractivity contribution < 1.29 is 24.5 Å². The highest BCUT2D eigenvalue weighted by Gasteiger charge is 2.07. The van der Waals surface area contributed by atoms with Crippen LogP contribution in [0.4, 0.5) is 0 Å². The molecular formula is C17H26O5. The van der Waals surface area contributed by atoms with Crippen molar-refractivity contribution >= 4 is 11.9 Å². The molecule has 0 bridgehead atoms. The predicted octanol–water partition coefficient (Wildman–Crippen LogP) is 3.19. The third kappa shape index (κ3) is 13.1. The number of hydrogen-bond acceptors (Lipinski definition) is 5. The molecule has 0 aromatic heterocycles. The number of unbranched alkanes of at least 4 members (excludes halogenated alkanes) is 5. The molecule has 1 aromatic rings. The molecule has 0 radical (unpaired) electrons. The lowest BCUT2D eigenvalue weighted by Crippen LogP contribution is -2.14. The van der Waals surface area contributed by atoms with E-state index in [1.54, 1.807) is 24.3 Å². The topological polar surface area (TPSA) is 83.8 Å². The lowest BCUT2D eigenvalue weighted by molar-refractivity contribution is -0.161. The summed E-state index contributed by atoms with van der Waals surface area (Å²) in [5.41, 5.74) is 0. The van der Waals surface area contributed by atoms with Crippen LogP contribution in [0.2, 0.25) is 0 Å². The lowest BCUT2D eigenvalue weighted by atomic mass is 10.1. The van der Waals surface area contributed by atoms with E-state index in [1.165, 1.54) is 19.3 Å². The Morgan fingerprint density at radius 3 is 2.05 bits per heavy atom. The summed E-state index contributed by atoms with van der Waals surface area (Å²) in [5.74, 6) is -1.09. The van der Waals surface area contributed by atoms with E-state index >= 15 is 0 Å². The van der Waals surface area contributed by atoms with Crippen LogP contribution < -0.4 is 0 Å². The zero-order valence-electron chi connectivity index (χ0n) is 13.2. The van der Waals surface area contributed by atoms with E-state index in [4.69, 9.17) is 10.2 Å². The molecule has 22 heavy (non-hydrogen) atoms. The number of carbonyl (C=O) groups is 2. The van der Waals surface area contributed by atoms with Crippen LogP contribution >= 0.6 is 0 Å². The van der Waals surface area contributed by atoms with Gasteiger partial charge in [-0.1, -0.05) is 57.2 Å². The van der Waals surface area contributed by atoms with Gasteiger partial charge in [0, 0.05) is 6.42 Å². The number of aromatic hydroxyl groups is 1. The smallest absolute Gasteiger partial charge is 0.339 e. The summed E-state index contributed by atoms with van der Waals surface area (Å²) >= 11 is 0. The zero-order chi connectivity index (χ0) is 16.6. The van der Waals surface area contributed by atoms with E-state index < -0.39 is 18.5 Å². The van der Waals surface area contributed by atoms with Gasteiger partial charge in [0.15, 0.2) is 0 Å². The molecule has 0 heterocycles. The van der Waals surface area contributed by atoms with Gasteiger partial charge in [0.2, 0.25) is 0 Å². The maximum atomic E-state index is 10.9. The van der Waals surface area contributed by atoms with Gasteiger partial charge in [-0.15, -0.1) is 0 Å². The van der Waals surface area contributed by atoms with Crippen molar-refractivity contribution in [1.82, 2.24) is 0 Å². The highest BCUT2D eigenvalue weighted by atomic mass is 16.6. The Bertz CT molecular complexity index is 403. The van der Waals surface area contributed by atoms with Gasteiger partial charge < -0.3 is 14.9 Å². The SMILES string of the molecule is CCCCCCCCC(=O)OC(=O)CO.Oc1ccccc1. The molecule has 0 aliphatic rings. The number of hydrogen-bond donors (Lipinski definition) is 2. The summed E-state index contributed by atoms with van der Waals surface area (Å²) in [6.07, 6.45) is 6.75. The Kier molecular flexibility index (Phi) is 12.9. The fourth-order valence-corrected chi connectivity index (χ4v) is 1.69. The first-order chi connectivity index (χ1) is 10.6. The van der Waals surface area contributed by atoms with Crippen LogP contribution in [0.15, 0.2) is 30.3 Å². The Morgan fingerprint density at radius 2 is 1.55 bits per heavy atom. The fraction of sp³-hybridized carbons (Fsp3) is 0.529. The number of para-hydroxylation sites is 1. The van der Waals surface area contributed by atoms with Crippen molar-refractivity contribution in [1.29, 1.82) is 0 Å². The van der Waals surface area contributed by atoms with E-state index in [0.717, 1.165) is 19.3 Å². The summed E-state index contributed by atoms with van der Waals surface area (Å²) in [6.45, 7) is 1.42. The van der Waals surface area contributed by atoms with E-state index in [0.29, 0.717) is 5.75 Å². The molecule has 2 N–H and O–H groups in total. The normalized spacial score (nSPS) is 9.55. The van der Waals surface area contributed by atoms with Gasteiger partial charge in [-0.2, -0.15) is 0 Å². The van der Waals surface area contributed by atoms with Crippen molar-refractivity contribution in [2.75, 3.05) is 6.61 Å². The number of carbonyl (C=O) groups excluding carboxylic acids is 2. The van der Waals surface area contributed by atoms with Crippen LogP contribution in [0.5, 0.6) is 5.75 Å². The average Bonchev–Trinajstić information content (AvgIpc) is 2.52. The molecule has 0 unspecified atom stereocenters. The molecule has 0 saturated heterocycles. The summed E-state index contributed by atoms with van der Waals surface area (Å²) in [5, 5.41) is 17.0. The van der Waals surface area contributed by atoms with Gasteiger partial charge in [-0.25, -0.2) is 4.79 Å². The van der Waals surface area contributed by atoms with Crippen molar-refractivity contribution in [3.63, 3.8) is 0 Å². The highest BCUT2D eigenvalue weighted by molar-refractivity contribution is 5.85. The Hall–Kier alpha value is -1.88. The van der Waals surface area contributed by atoms with Gasteiger partial charge in [0.1, 0.15) is 12.4 Å². The van der Waals surface area contributed by atoms with Gasteiger partial charge in [0.05, 0.1) is 0 Å². The van der Waals surface area contributed by atoms with Crippen molar-refractivity contribution in [3.8, 4) is 5.75 Å². The molecule has 0 aliphatic carbocycles. The molecule has 5 heteroatoms. The van der Waals surface area contributed by atoms with E-state index in [1.807, 2.05) is 6.07 Å². The van der Waals surface area contributed by atoms with Crippen molar-refractivity contribution in [2.24, 2.45) is 0 Å². The molecule has 0 saturated carbocycles. The average molecular weight is 310 g/mol. The van der Waals surface area contributed by atoms with Gasteiger partial charge in [-0.05, 0) is 18.6 Å². The first-order valence-corrected chi connectivity index (χ1v) is 7.68. The second kappa shape index (κ2) is 14.1. The highest BCUT2D eigenvalue weighted by Crippen LogP contribution is 2.07. The number of ether oxygens (including phenoxy) is 1. The number of aliphatic hydroxyl groups excluding tert-OH is 1. The van der Waals surface area contributed by atoms with E-state index in [2.05, 4.69) is 11.7 Å². The second-order valence-electron chi connectivity index (χ2n) is 4.86. The summed E-state index contributed by atoms with van der Waals surface area (Å²) in [4.78, 5) is 21.5. The van der Waals surface area contributed by atoms with Crippen LogP contribution in [0.3, 0.4) is 0 Å². The Morgan fingerprint density at radius 1 is 0.955 bits per heavy atom. The molecular weight excluding hydrogens is 284 g/mol. The maximum absolute atomic E-state index is 10.9. The Balaban J connectivity index is 0.000000518. The summed E-state index contributed by atoms with van der Waals surface area (Å²) < 4.78 is 4.30. The minimum absolute atomic E-state index is 0.262. The van der Waals surface area contributed by atoms with Crippen molar-refractivity contribution in [3.05, 3.63) is 30.3 Å². The minimum Gasteiger partial charge on any atom is -0.508 e. The summed E-state index contributed by atoms with van der Waals surface area (Å²) in [7, 11) is 0. The molecule has 0 atom stereocenters. The monoisotopic (exact) mass is 310 g/mol. The van der Waals surface area contributed by atoms with Crippen LogP contribution in [0.25, 0.3) is 0 Å². The number of phenolic OH excluding ortho intramolecular Hbond substituents is 1. The lowest BCUT2D eigenvalue weighted by Gasteiger charge is -2.01. The molecule has 0 fully saturated rings. The zero-order valence-corrected chi connectivity index (χ0v) is 13.2. The van der Waals surface area contributed by atoms with Crippen LogP contribution in [-0.4, -0.2) is 28.8 Å². The fourth-order valence-electron chi connectivity index (χ4n) is 1.69. The third-order valence-corrected chi connectivity index (χ3v) is 2.85. The molecule has 0 spiro atoms. The maximum Gasteiger partial charge on any atom is 0.339 e. The van der Waals surface area contributed by atoms with Crippen LogP contribution in [-0.2, 0) is 14.3 Å². The van der Waals surface area contributed by atoms with Gasteiger partial charge >= 0.3 is 11.9 Å². The molecule has 0 aliphatic heterocycles. The number of benzene rings is 1. The van der Waals surface area contributed by atoms with E-state index in [-0.39, 0.29) is 6.42 Å².